The molecule has 3 aliphatic rings. The van der Waals surface area contributed by atoms with Crippen LogP contribution in [0.3, 0.4) is 0 Å². The second-order valence-corrected chi connectivity index (χ2v) is 12.8. The molecule has 9 heteroatoms. The standard InChI is InChI=1S/C32H46O9/c1-18(11-12-24(37-7)22-9-8-10-23(34)13-22)30-20(3)27-17-32(41-30)31(5,6)16-19(2)25(40-32)14-28(35)38-26(21(4)33)15-29(36)39-27/h8-10,13,18,20-21,24,26-27,30,33-34H,11-12,14-17H2,1-7H3/t18-,20-,21+,24-,26?,27-,30+,32?/m0/s1. The summed E-state index contributed by atoms with van der Waals surface area (Å²) in [6, 6.07) is 7.09. The average molecular weight is 575 g/mol. The lowest BCUT2D eigenvalue weighted by molar-refractivity contribution is -0.352. The van der Waals surface area contributed by atoms with Crippen molar-refractivity contribution < 1.29 is 43.5 Å². The Balaban J connectivity index is 1.64. The number of benzene rings is 1. The minimum Gasteiger partial charge on any atom is -0.508 e. The first kappa shape index (κ1) is 31.3. The number of aliphatic hydroxyl groups excluding tert-OH is 1. The first-order valence-corrected chi connectivity index (χ1v) is 14.7. The molecule has 8 atom stereocenters. The molecule has 4 rings (SSSR count). The van der Waals surface area contributed by atoms with E-state index in [9.17, 15) is 19.8 Å². The molecule has 0 saturated carbocycles. The number of carbonyl (C=O) groups excluding carboxylic acids is 2. The maximum absolute atomic E-state index is 13.1. The molecule has 3 heterocycles. The smallest absolute Gasteiger partial charge is 0.313 e. The van der Waals surface area contributed by atoms with Crippen LogP contribution in [-0.4, -0.2) is 59.5 Å². The quantitative estimate of drug-likeness (QED) is 0.416. The van der Waals surface area contributed by atoms with E-state index in [-0.39, 0.29) is 42.6 Å². The normalized spacial score (nSPS) is 32.4. The number of aromatic hydroxyl groups is 1. The molecular weight excluding hydrogens is 528 g/mol. The van der Waals surface area contributed by atoms with Crippen LogP contribution in [0.15, 0.2) is 35.6 Å². The second kappa shape index (κ2) is 12.3. The van der Waals surface area contributed by atoms with Crippen molar-refractivity contribution in [2.24, 2.45) is 17.3 Å². The SMILES string of the molecule is CO[C@@H](CC[C@H](C)[C@H]1OC23C[C@H](OC(=O)CC([C@@H](C)O)OC(=O)CC(=C(C)CC2(C)C)O3)[C@@H]1C)c1cccc(O)c1. The molecular formula is C32H46O9. The predicted octanol–water partition coefficient (Wildman–Crippen LogP) is 5.34. The molecule has 0 radical (unpaired) electrons. The van der Waals surface area contributed by atoms with Gasteiger partial charge in [0.2, 0.25) is 5.79 Å². The third kappa shape index (κ3) is 6.73. The Hall–Kier alpha value is -2.62. The van der Waals surface area contributed by atoms with Gasteiger partial charge in [0.1, 0.15) is 30.1 Å². The summed E-state index contributed by atoms with van der Waals surface area (Å²) >= 11 is 0. The van der Waals surface area contributed by atoms with Crippen molar-refractivity contribution in [2.75, 3.05) is 7.11 Å². The van der Waals surface area contributed by atoms with Gasteiger partial charge in [-0.25, -0.2) is 0 Å². The van der Waals surface area contributed by atoms with E-state index in [1.54, 1.807) is 25.3 Å². The maximum Gasteiger partial charge on any atom is 0.313 e. The molecule has 2 fully saturated rings. The lowest BCUT2D eigenvalue weighted by Crippen LogP contribution is -2.62. The largest absolute Gasteiger partial charge is 0.508 e. The minimum atomic E-state index is -1.12. The Morgan fingerprint density at radius 3 is 2.51 bits per heavy atom. The van der Waals surface area contributed by atoms with Gasteiger partial charge in [0.05, 0.1) is 31.2 Å². The van der Waals surface area contributed by atoms with Gasteiger partial charge in [0.15, 0.2) is 0 Å². The van der Waals surface area contributed by atoms with Gasteiger partial charge < -0.3 is 33.9 Å². The summed E-state index contributed by atoms with van der Waals surface area (Å²) in [7, 11) is 1.66. The fourth-order valence-electron chi connectivity index (χ4n) is 6.59. The van der Waals surface area contributed by atoms with Crippen LogP contribution in [0.5, 0.6) is 5.75 Å². The number of aliphatic hydroxyl groups is 1. The number of phenolic OH excluding ortho intramolecular Hbond substituents is 1. The molecule has 2 saturated heterocycles. The van der Waals surface area contributed by atoms with Gasteiger partial charge in [-0.05, 0) is 62.3 Å². The molecule has 0 amide bonds. The summed E-state index contributed by atoms with van der Waals surface area (Å²) in [4.78, 5) is 26.0. The Kier molecular flexibility index (Phi) is 9.41. The number of hydrogen-bond acceptors (Lipinski definition) is 9. The van der Waals surface area contributed by atoms with Crippen molar-refractivity contribution >= 4 is 11.9 Å². The Morgan fingerprint density at radius 2 is 1.85 bits per heavy atom. The van der Waals surface area contributed by atoms with Gasteiger partial charge in [-0.3, -0.25) is 9.59 Å². The lowest BCUT2D eigenvalue weighted by atomic mass is 9.69. The van der Waals surface area contributed by atoms with E-state index in [1.807, 2.05) is 19.9 Å². The third-order valence-electron chi connectivity index (χ3n) is 9.15. The molecule has 3 bridgehead atoms. The highest BCUT2D eigenvalue weighted by molar-refractivity contribution is 5.74. The van der Waals surface area contributed by atoms with E-state index in [0.29, 0.717) is 25.0 Å². The van der Waals surface area contributed by atoms with Crippen LogP contribution in [-0.2, 0) is 33.3 Å². The lowest BCUT2D eigenvalue weighted by Gasteiger charge is -2.57. The third-order valence-corrected chi connectivity index (χ3v) is 9.15. The summed E-state index contributed by atoms with van der Waals surface area (Å²) in [6.07, 6.45) is -0.995. The van der Waals surface area contributed by atoms with Crippen molar-refractivity contribution in [3.05, 3.63) is 41.2 Å². The van der Waals surface area contributed by atoms with Crippen LogP contribution in [0.25, 0.3) is 0 Å². The van der Waals surface area contributed by atoms with Gasteiger partial charge in [-0.1, -0.05) is 39.8 Å². The number of phenols is 1. The molecule has 1 aromatic rings. The summed E-state index contributed by atoms with van der Waals surface area (Å²) in [6.45, 7) is 11.8. The Bertz CT molecular complexity index is 1140. The fraction of sp³-hybridized carbons (Fsp3) is 0.688. The van der Waals surface area contributed by atoms with Gasteiger partial charge in [0, 0.05) is 18.4 Å². The fourth-order valence-corrected chi connectivity index (χ4v) is 6.59. The van der Waals surface area contributed by atoms with E-state index in [0.717, 1.165) is 17.6 Å². The first-order valence-electron chi connectivity index (χ1n) is 14.7. The van der Waals surface area contributed by atoms with E-state index >= 15 is 0 Å². The monoisotopic (exact) mass is 574 g/mol. The van der Waals surface area contributed by atoms with Gasteiger partial charge in [-0.2, -0.15) is 0 Å². The van der Waals surface area contributed by atoms with Crippen LogP contribution in [0.2, 0.25) is 0 Å². The molecule has 0 aromatic heterocycles. The summed E-state index contributed by atoms with van der Waals surface area (Å²) in [5.74, 6) is -1.63. The number of cyclic esters (lactones) is 1. The predicted molar refractivity (Wildman–Crippen MR) is 150 cm³/mol. The molecule has 3 aliphatic heterocycles. The van der Waals surface area contributed by atoms with E-state index in [4.69, 9.17) is 23.7 Å². The van der Waals surface area contributed by atoms with E-state index in [2.05, 4.69) is 20.8 Å². The topological polar surface area (TPSA) is 121 Å². The zero-order valence-electron chi connectivity index (χ0n) is 25.3. The molecule has 41 heavy (non-hydrogen) atoms. The van der Waals surface area contributed by atoms with Crippen LogP contribution < -0.4 is 0 Å². The number of hydrogen-bond donors (Lipinski definition) is 2. The van der Waals surface area contributed by atoms with Crippen molar-refractivity contribution in [1.29, 1.82) is 0 Å². The molecule has 2 N–H and O–H groups in total. The molecule has 0 aliphatic carbocycles. The van der Waals surface area contributed by atoms with Crippen molar-refractivity contribution in [1.82, 2.24) is 0 Å². The van der Waals surface area contributed by atoms with Crippen LogP contribution in [0, 0.1) is 17.3 Å². The number of methoxy groups -OCH3 is 1. The number of ether oxygens (including phenoxy) is 5. The van der Waals surface area contributed by atoms with Crippen LogP contribution in [0.4, 0.5) is 0 Å². The summed E-state index contributed by atoms with van der Waals surface area (Å²) in [5, 5.41) is 20.2. The number of fused-ring (bicyclic) bond motifs is 2. The number of carbonyl (C=O) groups is 2. The van der Waals surface area contributed by atoms with E-state index < -0.39 is 41.5 Å². The molecule has 228 valence electrons. The van der Waals surface area contributed by atoms with Gasteiger partial charge in [-0.15, -0.1) is 0 Å². The Morgan fingerprint density at radius 1 is 1.12 bits per heavy atom. The summed E-state index contributed by atoms with van der Waals surface area (Å²) in [5.41, 5.74) is 1.37. The number of allylic oxidation sites excluding steroid dienone is 1. The zero-order chi connectivity index (χ0) is 30.1. The van der Waals surface area contributed by atoms with Gasteiger partial charge >= 0.3 is 11.9 Å². The van der Waals surface area contributed by atoms with Crippen molar-refractivity contribution in [2.45, 2.75) is 116 Å². The molecule has 9 nitrogen and oxygen atoms in total. The number of esters is 2. The molecule has 1 spiro atoms. The minimum absolute atomic E-state index is 0.0382. The van der Waals surface area contributed by atoms with Crippen LogP contribution >= 0.6 is 0 Å². The average Bonchev–Trinajstić information content (AvgIpc) is 2.88. The second-order valence-electron chi connectivity index (χ2n) is 12.8. The molecule has 1 aromatic carbocycles. The van der Waals surface area contributed by atoms with Crippen molar-refractivity contribution in [3.63, 3.8) is 0 Å². The van der Waals surface area contributed by atoms with Crippen molar-refractivity contribution in [3.8, 4) is 5.75 Å². The first-order chi connectivity index (χ1) is 19.2. The highest BCUT2D eigenvalue weighted by atomic mass is 16.7. The Labute approximate surface area is 243 Å². The number of rotatable bonds is 7. The highest BCUT2D eigenvalue weighted by Gasteiger charge is 2.60. The molecule has 2 unspecified atom stereocenters. The van der Waals surface area contributed by atoms with Crippen LogP contribution in [0.1, 0.15) is 91.7 Å². The maximum atomic E-state index is 13.1. The highest BCUT2D eigenvalue weighted by Crippen LogP contribution is 2.54. The van der Waals surface area contributed by atoms with Gasteiger partial charge in [0.25, 0.3) is 0 Å². The van der Waals surface area contributed by atoms with E-state index in [1.165, 1.54) is 6.92 Å². The zero-order valence-corrected chi connectivity index (χ0v) is 25.3. The summed E-state index contributed by atoms with van der Waals surface area (Å²) < 4.78 is 30.9.